The highest BCUT2D eigenvalue weighted by atomic mass is 16.5. The van der Waals surface area contributed by atoms with Gasteiger partial charge in [0.05, 0.1) is 24.4 Å². The quantitative estimate of drug-likeness (QED) is 0.878. The number of benzene rings is 1. The molecule has 2 aromatic rings. The van der Waals surface area contributed by atoms with Crippen LogP contribution in [0.1, 0.15) is 31.9 Å². The topological polar surface area (TPSA) is 48.8 Å². The third kappa shape index (κ3) is 3.68. The van der Waals surface area contributed by atoms with Gasteiger partial charge in [-0.3, -0.25) is 9.88 Å². The standard InChI is InChI=1S/C22H31N3O2/c1-3-27-19-7-8-20-17(13-19)5-6-18(23-20)14-25-12-10-22(16-26)9-4-11-24(2)21(22)15-25/h5-8,13,21,26H,3-4,9-12,14-16H2,1-2H3/t21-,22-/m1/s1. The van der Waals surface area contributed by atoms with Crippen LogP contribution in [-0.2, 0) is 6.54 Å². The van der Waals surface area contributed by atoms with Gasteiger partial charge in [0.15, 0.2) is 0 Å². The van der Waals surface area contributed by atoms with Gasteiger partial charge in [-0.2, -0.15) is 0 Å². The minimum Gasteiger partial charge on any atom is -0.494 e. The molecule has 4 rings (SSSR count). The number of aromatic nitrogens is 1. The summed E-state index contributed by atoms with van der Waals surface area (Å²) in [7, 11) is 2.21. The highest BCUT2D eigenvalue weighted by molar-refractivity contribution is 5.80. The van der Waals surface area contributed by atoms with E-state index < -0.39 is 0 Å². The number of rotatable bonds is 5. The fraction of sp³-hybridized carbons (Fsp3) is 0.591. The molecule has 2 aliphatic heterocycles. The summed E-state index contributed by atoms with van der Waals surface area (Å²) in [6, 6.07) is 10.8. The molecule has 0 unspecified atom stereocenters. The highest BCUT2D eigenvalue weighted by Gasteiger charge is 2.46. The van der Waals surface area contributed by atoms with Crippen LogP contribution in [0.3, 0.4) is 0 Å². The number of hydrogen-bond acceptors (Lipinski definition) is 5. The molecule has 1 aromatic heterocycles. The van der Waals surface area contributed by atoms with Gasteiger partial charge in [0.25, 0.3) is 0 Å². The monoisotopic (exact) mass is 369 g/mol. The maximum absolute atomic E-state index is 10.1. The van der Waals surface area contributed by atoms with Gasteiger partial charge < -0.3 is 14.7 Å². The summed E-state index contributed by atoms with van der Waals surface area (Å²) in [5.74, 6) is 0.899. The van der Waals surface area contributed by atoms with Crippen molar-refractivity contribution in [1.82, 2.24) is 14.8 Å². The number of aliphatic hydroxyl groups excluding tert-OH is 1. The van der Waals surface area contributed by atoms with E-state index in [1.165, 1.54) is 6.42 Å². The fourth-order valence-corrected chi connectivity index (χ4v) is 4.94. The van der Waals surface area contributed by atoms with Crippen LogP contribution in [0.4, 0.5) is 0 Å². The number of hydrogen-bond donors (Lipinski definition) is 1. The second-order valence-corrected chi connectivity index (χ2v) is 8.20. The molecule has 1 aromatic carbocycles. The summed E-state index contributed by atoms with van der Waals surface area (Å²) in [6.45, 7) is 7.04. The van der Waals surface area contributed by atoms with Crippen LogP contribution in [0.15, 0.2) is 30.3 Å². The molecule has 2 fully saturated rings. The third-order valence-corrected chi connectivity index (χ3v) is 6.51. The SMILES string of the molecule is CCOc1ccc2nc(CN3CC[C@@]4(CO)CCCN(C)[C@@H]4C3)ccc2c1. The predicted molar refractivity (Wildman–Crippen MR) is 108 cm³/mol. The smallest absolute Gasteiger partial charge is 0.120 e. The van der Waals surface area contributed by atoms with Crippen LogP contribution >= 0.6 is 0 Å². The molecule has 0 saturated carbocycles. The van der Waals surface area contributed by atoms with Crippen LogP contribution in [0.2, 0.25) is 0 Å². The van der Waals surface area contributed by atoms with Gasteiger partial charge in [0, 0.05) is 29.9 Å². The van der Waals surface area contributed by atoms with Crippen molar-refractivity contribution in [2.24, 2.45) is 5.41 Å². The van der Waals surface area contributed by atoms with Crippen molar-refractivity contribution >= 4 is 10.9 Å². The maximum atomic E-state index is 10.1. The maximum Gasteiger partial charge on any atom is 0.120 e. The van der Waals surface area contributed by atoms with Crippen molar-refractivity contribution in [3.8, 4) is 5.75 Å². The van der Waals surface area contributed by atoms with Gasteiger partial charge >= 0.3 is 0 Å². The molecule has 5 heteroatoms. The molecule has 2 atom stereocenters. The Kier molecular flexibility index (Phi) is 5.35. The second-order valence-electron chi connectivity index (χ2n) is 8.20. The Morgan fingerprint density at radius 2 is 2.11 bits per heavy atom. The Balaban J connectivity index is 1.48. The van der Waals surface area contributed by atoms with Gasteiger partial charge in [0.1, 0.15) is 5.75 Å². The summed E-state index contributed by atoms with van der Waals surface area (Å²) in [6.07, 6.45) is 3.43. The normalized spacial score (nSPS) is 26.9. The lowest BCUT2D eigenvalue weighted by Crippen LogP contribution is -2.61. The lowest BCUT2D eigenvalue weighted by atomic mass is 9.69. The van der Waals surface area contributed by atoms with Crippen LogP contribution < -0.4 is 4.74 Å². The van der Waals surface area contributed by atoms with Crippen molar-refractivity contribution in [3.05, 3.63) is 36.0 Å². The van der Waals surface area contributed by atoms with Gasteiger partial charge in [-0.25, -0.2) is 0 Å². The summed E-state index contributed by atoms with van der Waals surface area (Å²) >= 11 is 0. The largest absolute Gasteiger partial charge is 0.494 e. The third-order valence-electron chi connectivity index (χ3n) is 6.51. The lowest BCUT2D eigenvalue weighted by Gasteiger charge is -2.53. The zero-order valence-corrected chi connectivity index (χ0v) is 16.5. The van der Waals surface area contributed by atoms with Crippen molar-refractivity contribution in [1.29, 1.82) is 0 Å². The van der Waals surface area contributed by atoms with Crippen molar-refractivity contribution in [2.75, 3.05) is 39.9 Å². The molecule has 2 saturated heterocycles. The molecular formula is C22H31N3O2. The number of piperidine rings is 2. The van der Waals surface area contributed by atoms with E-state index in [2.05, 4.69) is 35.0 Å². The molecule has 27 heavy (non-hydrogen) atoms. The van der Waals surface area contributed by atoms with Gasteiger partial charge in [-0.1, -0.05) is 6.07 Å². The molecule has 0 amide bonds. The van der Waals surface area contributed by atoms with Gasteiger partial charge in [-0.05, 0) is 70.6 Å². The van der Waals surface area contributed by atoms with Crippen molar-refractivity contribution in [3.63, 3.8) is 0 Å². The molecule has 5 nitrogen and oxygen atoms in total. The fourth-order valence-electron chi connectivity index (χ4n) is 4.94. The summed E-state index contributed by atoms with van der Waals surface area (Å²) in [4.78, 5) is 9.83. The molecule has 146 valence electrons. The van der Waals surface area contributed by atoms with E-state index >= 15 is 0 Å². The molecule has 0 bridgehead atoms. The predicted octanol–water partition coefficient (Wildman–Crippen LogP) is 2.91. The van der Waals surface area contributed by atoms with E-state index in [0.717, 1.165) is 61.4 Å². The summed E-state index contributed by atoms with van der Waals surface area (Å²) in [5, 5.41) is 11.2. The molecule has 0 radical (unpaired) electrons. The van der Waals surface area contributed by atoms with E-state index in [0.29, 0.717) is 19.3 Å². The number of fused-ring (bicyclic) bond motifs is 2. The van der Waals surface area contributed by atoms with Crippen LogP contribution in [0.5, 0.6) is 5.75 Å². The van der Waals surface area contributed by atoms with E-state index in [9.17, 15) is 5.11 Å². The Hall–Kier alpha value is -1.69. The first-order valence-corrected chi connectivity index (χ1v) is 10.2. The molecule has 1 N–H and O–H groups in total. The van der Waals surface area contributed by atoms with E-state index in [1.807, 2.05) is 19.1 Å². The molecule has 2 aliphatic rings. The Bertz CT molecular complexity index is 796. The molecule has 0 spiro atoms. The van der Waals surface area contributed by atoms with E-state index in [4.69, 9.17) is 9.72 Å². The van der Waals surface area contributed by atoms with Crippen LogP contribution in [0.25, 0.3) is 10.9 Å². The first-order chi connectivity index (χ1) is 13.1. The minimum atomic E-state index is 0.0932. The molecule has 0 aliphatic carbocycles. The number of likely N-dealkylation sites (tertiary alicyclic amines) is 2. The Morgan fingerprint density at radius 3 is 2.93 bits per heavy atom. The highest BCUT2D eigenvalue weighted by Crippen LogP contribution is 2.41. The second kappa shape index (κ2) is 7.74. The van der Waals surface area contributed by atoms with E-state index in [-0.39, 0.29) is 5.41 Å². The van der Waals surface area contributed by atoms with Crippen molar-refractivity contribution < 1.29 is 9.84 Å². The Morgan fingerprint density at radius 1 is 1.22 bits per heavy atom. The lowest BCUT2D eigenvalue weighted by molar-refractivity contribution is -0.0686. The first kappa shape index (κ1) is 18.7. The number of ether oxygens (including phenoxy) is 1. The van der Waals surface area contributed by atoms with Crippen LogP contribution in [0, 0.1) is 5.41 Å². The Labute approximate surface area is 161 Å². The zero-order valence-electron chi connectivity index (χ0n) is 16.5. The molecule has 3 heterocycles. The summed E-state index contributed by atoms with van der Waals surface area (Å²) in [5.41, 5.74) is 2.23. The van der Waals surface area contributed by atoms with Crippen molar-refractivity contribution in [2.45, 2.75) is 38.8 Å². The van der Waals surface area contributed by atoms with E-state index in [1.54, 1.807) is 0 Å². The first-order valence-electron chi connectivity index (χ1n) is 10.2. The average Bonchev–Trinajstić information content (AvgIpc) is 2.69. The zero-order chi connectivity index (χ0) is 18.9. The number of nitrogens with zero attached hydrogens (tertiary/aromatic N) is 3. The average molecular weight is 370 g/mol. The number of aliphatic hydroxyl groups is 1. The minimum absolute atomic E-state index is 0.0932. The summed E-state index contributed by atoms with van der Waals surface area (Å²) < 4.78 is 5.59. The molecular weight excluding hydrogens is 338 g/mol. The van der Waals surface area contributed by atoms with Gasteiger partial charge in [-0.15, -0.1) is 0 Å². The van der Waals surface area contributed by atoms with Crippen LogP contribution in [-0.4, -0.2) is 65.8 Å². The van der Waals surface area contributed by atoms with Gasteiger partial charge in [0.2, 0.25) is 0 Å². The number of likely N-dealkylation sites (N-methyl/N-ethyl adjacent to an activating group) is 1. The number of pyridine rings is 1.